The fourth-order valence-corrected chi connectivity index (χ4v) is 38.9. The Kier molecular flexibility index (Phi) is 13.3. The average Bonchev–Trinajstić information content (AvgIpc) is 3.24. The van der Waals surface area contributed by atoms with Crippen molar-refractivity contribution in [3.05, 3.63) is 35.9 Å². The van der Waals surface area contributed by atoms with E-state index in [2.05, 4.69) is 35.9 Å². The maximum absolute atomic E-state index is 2.93. The molecule has 0 saturated heterocycles. The molecule has 0 aliphatic heterocycles. The minimum absolute atomic E-state index is 0.555. The molecule has 51 heavy (non-hydrogen) atoms. The topological polar surface area (TPSA) is 0 Å². The molecule has 7 saturated carbocycles. The van der Waals surface area contributed by atoms with Gasteiger partial charge in [0, 0.05) is 11.5 Å². The van der Waals surface area contributed by atoms with Gasteiger partial charge in [0.05, 0.1) is 48.5 Å². The lowest BCUT2D eigenvalue weighted by molar-refractivity contribution is 0.303. The summed E-state index contributed by atoms with van der Waals surface area (Å²) < 4.78 is 0. The second-order valence-corrected chi connectivity index (χ2v) is 29.3. The maximum atomic E-state index is 2.93. The number of rotatable bonds is 10. The van der Waals surface area contributed by atoms with Crippen LogP contribution < -0.4 is 0 Å². The average molecular weight is 733 g/mol. The smallest absolute Gasteiger partial charge is 0.0622 e. The summed E-state index contributed by atoms with van der Waals surface area (Å²) in [5.41, 5.74) is 8.61. The van der Waals surface area contributed by atoms with Crippen LogP contribution in [0.1, 0.15) is 230 Å². The van der Waals surface area contributed by atoms with E-state index >= 15 is 0 Å². The Labute approximate surface area is 318 Å². The Hall–Kier alpha value is 0.0800. The van der Waals surface area contributed by atoms with Gasteiger partial charge in [0.2, 0.25) is 4.90 Å². The van der Waals surface area contributed by atoms with Crippen molar-refractivity contribution in [1.29, 1.82) is 0 Å². The van der Waals surface area contributed by atoms with E-state index in [9.17, 15) is 0 Å². The number of hydrogen-bond donors (Lipinski definition) is 0. The number of hydrogen-bond acceptors (Lipinski definition) is 0. The second kappa shape index (κ2) is 17.9. The maximum Gasteiger partial charge on any atom is 0.206 e. The Morgan fingerprint density at radius 1 is 0.294 bits per heavy atom. The van der Waals surface area contributed by atoms with Gasteiger partial charge in [0.15, 0.2) is 0 Å². The zero-order chi connectivity index (χ0) is 34.4. The van der Waals surface area contributed by atoms with Gasteiger partial charge in [-0.15, -0.1) is 0 Å². The summed E-state index contributed by atoms with van der Waals surface area (Å²) >= 11 is 0. The fraction of sp³-hybridized carbons (Fsp3) is 0.878. The molecule has 2 heteroatoms. The molecule has 7 aliphatic carbocycles. The molecule has 1 aromatic rings. The molecule has 1 aromatic carbocycles. The van der Waals surface area contributed by atoms with Gasteiger partial charge in [-0.05, 0) is 167 Å². The molecule has 0 spiro atoms. The van der Waals surface area contributed by atoms with E-state index in [0.717, 1.165) is 39.9 Å². The van der Waals surface area contributed by atoms with Crippen LogP contribution in [0.15, 0.2) is 30.3 Å². The predicted octanol–water partition coefficient (Wildman–Crippen LogP) is 16.5. The number of benzene rings is 1. The summed E-state index contributed by atoms with van der Waals surface area (Å²) in [7, 11) is -3.05. The van der Waals surface area contributed by atoms with Gasteiger partial charge in [-0.3, -0.25) is 0 Å². The van der Waals surface area contributed by atoms with Crippen LogP contribution in [0.25, 0.3) is 0 Å². The molecule has 0 heterocycles. The first-order valence-corrected chi connectivity index (χ1v) is 28.2. The third-order valence-electron chi connectivity index (χ3n) is 17.6. The van der Waals surface area contributed by atoms with Crippen LogP contribution in [0.3, 0.4) is 0 Å². The monoisotopic (exact) mass is 733 g/mol. The standard InChI is InChI=1S/C49H82P2/c1-9-25-41(26-10-1)49(42-27-11-2-12-28-42,50(43-29-13-3-14-30-43,44-31-15-4-16-32-44)45-33-17-5-18-34-45)51(46-35-19-6-20-36-46,47-37-21-7-22-38-47)48-39-23-8-24-40-48/h1,9-10,25-26,42-48H,2-8,11-24,27-40H2/q+2. The van der Waals surface area contributed by atoms with Crippen molar-refractivity contribution in [3.63, 3.8) is 0 Å². The van der Waals surface area contributed by atoms with Gasteiger partial charge >= 0.3 is 0 Å². The van der Waals surface area contributed by atoms with Gasteiger partial charge in [0.25, 0.3) is 0 Å². The molecule has 0 nitrogen and oxygen atoms in total. The predicted molar refractivity (Wildman–Crippen MR) is 230 cm³/mol. The highest BCUT2D eigenvalue weighted by Crippen LogP contribution is 3.03. The Morgan fingerprint density at radius 3 is 0.784 bits per heavy atom. The van der Waals surface area contributed by atoms with Crippen molar-refractivity contribution in [2.24, 2.45) is 5.92 Å². The van der Waals surface area contributed by atoms with E-state index < -0.39 is 14.5 Å². The fourth-order valence-electron chi connectivity index (χ4n) is 16.3. The Balaban J connectivity index is 1.54. The molecule has 0 atom stereocenters. The first kappa shape index (κ1) is 38.0. The lowest BCUT2D eigenvalue weighted by Gasteiger charge is -2.67. The van der Waals surface area contributed by atoms with Crippen LogP contribution in [0, 0.1) is 5.92 Å². The molecular weight excluding hydrogens is 650 g/mol. The molecule has 8 rings (SSSR count). The van der Waals surface area contributed by atoms with Crippen molar-refractivity contribution in [1.82, 2.24) is 0 Å². The summed E-state index contributed by atoms with van der Waals surface area (Å²) in [5, 5.41) is 0. The van der Waals surface area contributed by atoms with Gasteiger partial charge in [-0.25, -0.2) is 0 Å². The van der Waals surface area contributed by atoms with E-state index in [0.29, 0.717) is 4.90 Å². The van der Waals surface area contributed by atoms with E-state index in [1.807, 2.05) is 0 Å². The van der Waals surface area contributed by atoms with Crippen molar-refractivity contribution in [3.8, 4) is 0 Å². The third kappa shape index (κ3) is 6.84. The molecule has 0 unspecified atom stereocenters. The molecule has 0 amide bonds. The summed E-state index contributed by atoms with van der Waals surface area (Å²) in [6.45, 7) is 0. The molecule has 0 bridgehead atoms. The summed E-state index contributed by atoms with van der Waals surface area (Å²) in [4.78, 5) is 0.555. The Morgan fingerprint density at radius 2 is 0.529 bits per heavy atom. The van der Waals surface area contributed by atoms with Crippen molar-refractivity contribution >= 4 is 14.5 Å². The van der Waals surface area contributed by atoms with E-state index in [-0.39, 0.29) is 0 Å². The summed E-state index contributed by atoms with van der Waals surface area (Å²) in [6, 6.07) is 13.6. The van der Waals surface area contributed by atoms with Crippen LogP contribution in [0.4, 0.5) is 0 Å². The van der Waals surface area contributed by atoms with Crippen molar-refractivity contribution < 1.29 is 0 Å². The van der Waals surface area contributed by atoms with E-state index in [1.54, 1.807) is 218 Å². The van der Waals surface area contributed by atoms with Gasteiger partial charge in [-0.1, -0.05) is 88.1 Å². The largest absolute Gasteiger partial charge is 0.206 e. The highest BCUT2D eigenvalue weighted by molar-refractivity contribution is 7.95. The normalized spacial score (nSPS) is 27.8. The molecule has 7 aliphatic rings. The minimum Gasteiger partial charge on any atom is -0.0622 e. The van der Waals surface area contributed by atoms with Crippen LogP contribution in [0.2, 0.25) is 0 Å². The SMILES string of the molecule is c1ccc(C(C2CCCCC2)([P+](C2CCCCC2)(C2CCCCC2)C2CCCCC2)[P+](C2CCCCC2)(C2CCCCC2)C2CCCCC2)cc1. The molecule has 286 valence electrons. The van der Waals surface area contributed by atoms with Gasteiger partial charge < -0.3 is 0 Å². The molecule has 7 fully saturated rings. The Bertz CT molecular complexity index is 995. The van der Waals surface area contributed by atoms with Crippen LogP contribution in [0.5, 0.6) is 0 Å². The van der Waals surface area contributed by atoms with Crippen molar-refractivity contribution in [2.75, 3.05) is 0 Å². The van der Waals surface area contributed by atoms with Crippen LogP contribution in [-0.2, 0) is 4.90 Å². The van der Waals surface area contributed by atoms with Gasteiger partial charge in [0.1, 0.15) is 0 Å². The van der Waals surface area contributed by atoms with Crippen LogP contribution >= 0.6 is 14.5 Å². The zero-order valence-electron chi connectivity index (χ0n) is 33.6. The molecule has 0 aromatic heterocycles. The zero-order valence-corrected chi connectivity index (χ0v) is 35.4. The molecule has 0 N–H and O–H groups in total. The van der Waals surface area contributed by atoms with Crippen LogP contribution in [-0.4, -0.2) is 34.0 Å². The first-order chi connectivity index (χ1) is 25.3. The second-order valence-electron chi connectivity index (χ2n) is 19.8. The third-order valence-corrected chi connectivity index (χ3v) is 33.7. The van der Waals surface area contributed by atoms with Crippen molar-refractivity contribution in [2.45, 2.75) is 264 Å². The van der Waals surface area contributed by atoms with Gasteiger partial charge in [-0.2, -0.15) is 0 Å². The molecule has 0 radical (unpaired) electrons. The van der Waals surface area contributed by atoms with E-state index in [4.69, 9.17) is 0 Å². The summed E-state index contributed by atoms with van der Waals surface area (Å²) in [6.07, 6.45) is 55.7. The summed E-state index contributed by atoms with van der Waals surface area (Å²) in [5.74, 6) is 0.992. The lowest BCUT2D eigenvalue weighted by atomic mass is 9.83. The highest BCUT2D eigenvalue weighted by Gasteiger charge is 2.85. The highest BCUT2D eigenvalue weighted by atomic mass is 31.2. The van der Waals surface area contributed by atoms with E-state index in [1.165, 1.54) is 6.42 Å². The molecular formula is C49H82P2+2. The minimum atomic E-state index is -1.53. The quantitative estimate of drug-likeness (QED) is 0.210. The lowest BCUT2D eigenvalue weighted by Crippen LogP contribution is -2.58. The first-order valence-electron chi connectivity index (χ1n) is 24.2.